The van der Waals surface area contributed by atoms with Gasteiger partial charge in [0.25, 0.3) is 5.91 Å². The average molecular weight is 1040 g/mol. The number of hydrogen-bond acceptors (Lipinski definition) is 16. The Morgan fingerprint density at radius 3 is 2.56 bits per heavy atom. The van der Waals surface area contributed by atoms with Gasteiger partial charge >= 0.3 is 0 Å². The number of nitrogens with two attached hydrogens (primary N) is 1. The number of rotatable bonds is 22. The Morgan fingerprint density at radius 1 is 0.960 bits per heavy atom. The van der Waals surface area contributed by atoms with E-state index in [1.165, 1.54) is 6.20 Å². The number of benzene rings is 3. The molecule has 0 aliphatic carbocycles. The SMILES string of the molecule is Cc1ncsc1-c1ccc(CNC(=O)C2CCCN2C(=O)CC(C)C)c(OCCOCCOCC(=O)NCCN(C)c2ccc(Nc3nc(-c4cncc(N)n4)cn4ccnc34)cc2)c1.O=C1NCc2ccccc21. The van der Waals surface area contributed by atoms with Gasteiger partial charge in [-0.1, -0.05) is 44.2 Å². The predicted octanol–water partition coefficient (Wildman–Crippen LogP) is 6.19. The van der Waals surface area contributed by atoms with Crippen LogP contribution in [0.5, 0.6) is 5.75 Å². The van der Waals surface area contributed by atoms with Gasteiger partial charge in [-0.15, -0.1) is 11.3 Å². The Labute approximate surface area is 439 Å². The van der Waals surface area contributed by atoms with Gasteiger partial charge in [-0.3, -0.25) is 24.2 Å². The van der Waals surface area contributed by atoms with Crippen LogP contribution in [0.3, 0.4) is 0 Å². The number of likely N-dealkylation sites (N-methyl/N-ethyl adjacent to an activating group) is 1. The van der Waals surface area contributed by atoms with E-state index in [2.05, 4.69) is 41.2 Å². The minimum atomic E-state index is -0.462. The van der Waals surface area contributed by atoms with Crippen LogP contribution in [-0.4, -0.2) is 124 Å². The van der Waals surface area contributed by atoms with E-state index in [0.717, 1.165) is 50.6 Å². The number of aryl methyl sites for hydroxylation is 1. The van der Waals surface area contributed by atoms with Crippen LogP contribution in [0, 0.1) is 12.8 Å². The van der Waals surface area contributed by atoms with Crippen molar-refractivity contribution in [1.82, 2.24) is 50.2 Å². The lowest BCUT2D eigenvalue weighted by molar-refractivity contribution is -0.139. The third-order valence-electron chi connectivity index (χ3n) is 12.4. The first-order valence-corrected chi connectivity index (χ1v) is 25.8. The number of ether oxygens (including phenoxy) is 3. The maximum atomic E-state index is 13.3. The summed E-state index contributed by atoms with van der Waals surface area (Å²) in [6.45, 7) is 9.54. The largest absolute Gasteiger partial charge is 0.491 e. The quantitative estimate of drug-likeness (QED) is 0.0475. The minimum absolute atomic E-state index is 0.0234. The number of imidazole rings is 1. The normalized spacial score (nSPS) is 13.7. The molecule has 4 aromatic heterocycles. The monoisotopic (exact) mass is 1040 g/mol. The molecule has 6 heterocycles. The molecule has 3 aromatic carbocycles. The summed E-state index contributed by atoms with van der Waals surface area (Å²) in [7, 11) is 1.96. The zero-order chi connectivity index (χ0) is 52.7. The number of carbonyl (C=O) groups is 4. The number of hydrogen-bond donors (Lipinski definition) is 5. The minimum Gasteiger partial charge on any atom is -0.491 e. The van der Waals surface area contributed by atoms with E-state index >= 15 is 0 Å². The Hall–Kier alpha value is -8.01. The third-order valence-corrected chi connectivity index (χ3v) is 13.4. The van der Waals surface area contributed by atoms with Gasteiger partial charge in [0.1, 0.15) is 42.2 Å². The standard InChI is InChI=1S/C46H56N12O6S.C8H7NO/c1-30(2)22-42(60)58-15-5-6-38(58)46(61)51-24-33-8-7-32(43-31(3)52-29-65-43)23-39(33)64-21-20-62-18-19-63-28-41(59)49-13-16-56(4)35-11-9-34(10-12-35)53-44-45-50-14-17-57(45)27-37(55-44)36-25-48-26-40(47)54-36;10-8-7-4-2-1-3-6(7)5-9-8/h7-12,14,17,23,25-27,29-30,38H,5-6,13,15-16,18-22,24,28H2,1-4H3,(H2,47,54)(H,49,59)(H,51,61)(H,53,55);1-4H,5H2,(H,9,10). The maximum absolute atomic E-state index is 13.3. The molecule has 1 unspecified atom stereocenters. The van der Waals surface area contributed by atoms with E-state index in [1.807, 2.05) is 122 Å². The molecule has 2 aliphatic rings. The Balaban J connectivity index is 0.000000662. The molecule has 392 valence electrons. The van der Waals surface area contributed by atoms with E-state index in [9.17, 15) is 19.2 Å². The summed E-state index contributed by atoms with van der Waals surface area (Å²) in [6, 6.07) is 21.0. The molecule has 9 rings (SSSR count). The number of likely N-dealkylation sites (tertiary alicyclic amines) is 1. The van der Waals surface area contributed by atoms with Crippen LogP contribution in [0.4, 0.5) is 23.0 Å². The van der Waals surface area contributed by atoms with Crippen molar-refractivity contribution in [3.8, 4) is 27.6 Å². The highest BCUT2D eigenvalue weighted by Gasteiger charge is 2.34. The summed E-state index contributed by atoms with van der Waals surface area (Å²) in [5.74, 6) is 1.42. The molecule has 0 bridgehead atoms. The first kappa shape index (κ1) is 53.3. The van der Waals surface area contributed by atoms with Gasteiger partial charge in [0.05, 0.1) is 48.3 Å². The van der Waals surface area contributed by atoms with Crippen molar-refractivity contribution in [2.45, 2.75) is 59.2 Å². The predicted molar refractivity (Wildman–Crippen MR) is 287 cm³/mol. The van der Waals surface area contributed by atoms with E-state index in [1.54, 1.807) is 28.6 Å². The number of aromatic nitrogens is 6. The van der Waals surface area contributed by atoms with E-state index in [-0.39, 0.29) is 62.5 Å². The molecule has 1 atom stereocenters. The molecule has 75 heavy (non-hydrogen) atoms. The van der Waals surface area contributed by atoms with Crippen molar-refractivity contribution < 1.29 is 33.4 Å². The fraction of sp³-hybridized carbons (Fsp3) is 0.352. The molecule has 6 N–H and O–H groups in total. The number of nitrogen functional groups attached to an aromatic ring is 1. The molecule has 20 nitrogen and oxygen atoms in total. The van der Waals surface area contributed by atoms with Gasteiger partial charge in [-0.05, 0) is 73.2 Å². The van der Waals surface area contributed by atoms with E-state index in [4.69, 9.17) is 24.9 Å². The second-order valence-electron chi connectivity index (χ2n) is 18.4. The zero-order valence-corrected chi connectivity index (χ0v) is 43.4. The topological polar surface area (TPSA) is 245 Å². The maximum Gasteiger partial charge on any atom is 0.251 e. The lowest BCUT2D eigenvalue weighted by Crippen LogP contribution is -2.46. The van der Waals surface area contributed by atoms with Crippen molar-refractivity contribution in [3.05, 3.63) is 126 Å². The fourth-order valence-corrected chi connectivity index (χ4v) is 9.35. The molecule has 1 fully saturated rings. The van der Waals surface area contributed by atoms with Gasteiger partial charge in [0.2, 0.25) is 17.7 Å². The summed E-state index contributed by atoms with van der Waals surface area (Å²) < 4.78 is 19.4. The summed E-state index contributed by atoms with van der Waals surface area (Å²) >= 11 is 1.55. The summed E-state index contributed by atoms with van der Waals surface area (Å²) in [4.78, 5) is 76.4. The van der Waals surface area contributed by atoms with Crippen LogP contribution in [0.2, 0.25) is 0 Å². The lowest BCUT2D eigenvalue weighted by atomic mass is 10.1. The first-order valence-electron chi connectivity index (χ1n) is 24.9. The van der Waals surface area contributed by atoms with Crippen LogP contribution in [0.15, 0.2) is 103 Å². The van der Waals surface area contributed by atoms with Crippen LogP contribution in [0.25, 0.3) is 27.5 Å². The average Bonchev–Trinajstić information content (AvgIpc) is 4.25. The van der Waals surface area contributed by atoms with E-state index < -0.39 is 6.04 Å². The summed E-state index contributed by atoms with van der Waals surface area (Å²) in [5, 5.41) is 12.1. The zero-order valence-electron chi connectivity index (χ0n) is 42.6. The lowest BCUT2D eigenvalue weighted by Gasteiger charge is -2.25. The highest BCUT2D eigenvalue weighted by atomic mass is 32.1. The van der Waals surface area contributed by atoms with Gasteiger partial charge in [0.15, 0.2) is 11.5 Å². The molecule has 0 spiro atoms. The smallest absolute Gasteiger partial charge is 0.251 e. The Bertz CT molecular complexity index is 3070. The van der Waals surface area contributed by atoms with Crippen molar-refractivity contribution in [2.75, 3.05) is 75.7 Å². The molecule has 0 radical (unpaired) electrons. The number of nitrogens with zero attached hydrogens (tertiary/aromatic N) is 8. The molecule has 7 aromatic rings. The summed E-state index contributed by atoms with van der Waals surface area (Å²) in [6.07, 6.45) is 10.4. The van der Waals surface area contributed by atoms with Gasteiger partial charge in [-0.25, -0.2) is 19.9 Å². The Kier molecular flexibility index (Phi) is 18.3. The molecule has 1 saturated heterocycles. The molecular formula is C54H63N13O7S. The fourth-order valence-electron chi connectivity index (χ4n) is 8.54. The van der Waals surface area contributed by atoms with Crippen LogP contribution in [0.1, 0.15) is 60.3 Å². The number of amides is 4. The number of carbonyl (C=O) groups excluding carboxylic acids is 4. The van der Waals surface area contributed by atoms with Crippen molar-refractivity contribution in [2.24, 2.45) is 5.92 Å². The van der Waals surface area contributed by atoms with Gasteiger partial charge in [0, 0.05) is 87.3 Å². The van der Waals surface area contributed by atoms with E-state index in [0.29, 0.717) is 80.0 Å². The Morgan fingerprint density at radius 2 is 1.77 bits per heavy atom. The van der Waals surface area contributed by atoms with Crippen molar-refractivity contribution in [1.29, 1.82) is 0 Å². The second-order valence-corrected chi connectivity index (χ2v) is 19.3. The summed E-state index contributed by atoms with van der Waals surface area (Å²) in [5.41, 5.74) is 15.9. The van der Waals surface area contributed by atoms with Crippen molar-refractivity contribution >= 4 is 63.6 Å². The highest BCUT2D eigenvalue weighted by molar-refractivity contribution is 7.13. The highest BCUT2D eigenvalue weighted by Crippen LogP contribution is 2.33. The molecule has 0 saturated carbocycles. The third kappa shape index (κ3) is 14.4. The second kappa shape index (κ2) is 25.8. The molecule has 2 aliphatic heterocycles. The number of nitrogens with one attached hydrogen (secondary N) is 4. The number of fused-ring (bicyclic) bond motifs is 2. The van der Waals surface area contributed by atoms with Crippen molar-refractivity contribution in [3.63, 3.8) is 0 Å². The molecule has 4 amide bonds. The van der Waals surface area contributed by atoms with Gasteiger partial charge in [-0.2, -0.15) is 0 Å². The molecular weight excluding hydrogens is 975 g/mol. The van der Waals surface area contributed by atoms with Crippen LogP contribution in [-0.2, 0) is 36.9 Å². The first-order chi connectivity index (χ1) is 36.4. The molecule has 21 heteroatoms. The van der Waals surface area contributed by atoms with Crippen LogP contribution >= 0.6 is 11.3 Å². The van der Waals surface area contributed by atoms with Crippen LogP contribution < -0.4 is 36.6 Å². The number of anilines is 4. The number of thiazole rings is 1. The van der Waals surface area contributed by atoms with Gasteiger partial charge < -0.3 is 55.4 Å².